The minimum atomic E-state index is -1.13. The minimum Gasteiger partial charge on any atom is -0.443 e. The van der Waals surface area contributed by atoms with Crippen molar-refractivity contribution in [3.8, 4) is 0 Å². The number of aliphatic hydroxyl groups excluding tert-OH is 1. The van der Waals surface area contributed by atoms with Crippen molar-refractivity contribution >= 4 is 12.2 Å². The highest BCUT2D eigenvalue weighted by atomic mass is 19.1. The maximum atomic E-state index is 14.3. The number of benzene rings is 2. The lowest BCUT2D eigenvalue weighted by atomic mass is 9.96. The normalized spacial score (nSPS) is 19.9. The summed E-state index contributed by atoms with van der Waals surface area (Å²) in [6, 6.07) is 12.3. The van der Waals surface area contributed by atoms with E-state index in [1.54, 1.807) is 11.9 Å². The molecule has 0 saturated heterocycles. The smallest absolute Gasteiger partial charge is 0.243 e. The molecule has 1 N–H and O–H groups in total. The molecule has 1 aliphatic heterocycles. The van der Waals surface area contributed by atoms with Crippen LogP contribution >= 0.6 is 0 Å². The third-order valence-corrected chi connectivity index (χ3v) is 4.64. The second-order valence-electron chi connectivity index (χ2n) is 6.80. The molecule has 0 amide bonds. The van der Waals surface area contributed by atoms with Crippen LogP contribution in [0.3, 0.4) is 0 Å². The van der Waals surface area contributed by atoms with Crippen molar-refractivity contribution in [3.63, 3.8) is 0 Å². The van der Waals surface area contributed by atoms with E-state index in [2.05, 4.69) is 5.10 Å². The number of ether oxygens (including phenoxy) is 1. The third kappa shape index (κ3) is 3.89. The lowest BCUT2D eigenvalue weighted by molar-refractivity contribution is -0.115. The Morgan fingerprint density at radius 3 is 2.68 bits per heavy atom. The number of aliphatic hydroxyl groups is 1. The summed E-state index contributed by atoms with van der Waals surface area (Å²) in [7, 11) is 0. The fourth-order valence-electron chi connectivity index (χ4n) is 3.25. The van der Waals surface area contributed by atoms with E-state index in [9.17, 15) is 18.7 Å². The number of nitrogens with zero attached hydrogens (tertiary/aromatic N) is 2. The van der Waals surface area contributed by atoms with Gasteiger partial charge in [0.05, 0.1) is 5.56 Å². The predicted molar refractivity (Wildman–Crippen MR) is 100 cm³/mol. The third-order valence-electron chi connectivity index (χ3n) is 4.64. The van der Waals surface area contributed by atoms with Gasteiger partial charge in [-0.1, -0.05) is 37.3 Å². The van der Waals surface area contributed by atoms with Gasteiger partial charge in [-0.25, -0.2) is 13.8 Å². The average molecular weight is 388 g/mol. The summed E-state index contributed by atoms with van der Waals surface area (Å²) < 4.78 is 34.2. The van der Waals surface area contributed by atoms with Crippen molar-refractivity contribution in [3.05, 3.63) is 71.3 Å². The van der Waals surface area contributed by atoms with Crippen LogP contribution in [0.25, 0.3) is 0 Å². The van der Waals surface area contributed by atoms with E-state index < -0.39 is 17.4 Å². The molecule has 2 aromatic carbocycles. The fraction of sp³-hybridized carbons (Fsp3) is 0.333. The standard InChI is InChI=1S/C21H22F2N2O3/c1-15(14-27)13-25-21(10-5-11-26,16-6-3-2-4-7-16)28-20(24-25)18-12-17(22)8-9-19(18)23/h2-4,6-9,12,14-15,26H,5,10-11,13H2,1H3. The van der Waals surface area contributed by atoms with Gasteiger partial charge >= 0.3 is 0 Å². The van der Waals surface area contributed by atoms with Crippen LogP contribution in [0.15, 0.2) is 53.6 Å². The van der Waals surface area contributed by atoms with Gasteiger partial charge in [0.25, 0.3) is 0 Å². The molecule has 1 aliphatic rings. The molecule has 3 rings (SSSR count). The molecule has 0 aliphatic carbocycles. The number of aldehydes is 1. The molecule has 7 heteroatoms. The van der Waals surface area contributed by atoms with E-state index in [4.69, 9.17) is 4.74 Å². The van der Waals surface area contributed by atoms with Crippen molar-refractivity contribution in [2.75, 3.05) is 13.2 Å². The highest BCUT2D eigenvalue weighted by Gasteiger charge is 2.47. The predicted octanol–water partition coefficient (Wildman–Crippen LogP) is 3.42. The zero-order valence-corrected chi connectivity index (χ0v) is 15.5. The maximum Gasteiger partial charge on any atom is 0.243 e. The van der Waals surface area contributed by atoms with Crippen LogP contribution < -0.4 is 0 Å². The fourth-order valence-corrected chi connectivity index (χ4v) is 3.25. The Labute approximate surface area is 162 Å². The Balaban J connectivity index is 2.09. The molecular formula is C21H22F2N2O3. The number of rotatable bonds is 8. The zero-order chi connectivity index (χ0) is 20.1. The monoisotopic (exact) mass is 388 g/mol. The average Bonchev–Trinajstić information content (AvgIpc) is 3.07. The first-order valence-electron chi connectivity index (χ1n) is 9.12. The Hall–Kier alpha value is -2.80. The van der Waals surface area contributed by atoms with Crippen molar-refractivity contribution in [1.29, 1.82) is 0 Å². The Kier molecular flexibility index (Phi) is 6.04. The minimum absolute atomic E-state index is 0.0584. The van der Waals surface area contributed by atoms with E-state index in [0.29, 0.717) is 12.8 Å². The van der Waals surface area contributed by atoms with Crippen LogP contribution in [0.4, 0.5) is 8.78 Å². The van der Waals surface area contributed by atoms with E-state index in [1.165, 1.54) is 0 Å². The Morgan fingerprint density at radius 1 is 1.25 bits per heavy atom. The van der Waals surface area contributed by atoms with Gasteiger partial charge in [-0.15, -0.1) is 5.10 Å². The summed E-state index contributed by atoms with van der Waals surface area (Å²) in [6.07, 6.45) is 1.55. The van der Waals surface area contributed by atoms with Gasteiger partial charge in [0, 0.05) is 31.1 Å². The topological polar surface area (TPSA) is 62.1 Å². The molecule has 0 radical (unpaired) electrons. The van der Waals surface area contributed by atoms with Gasteiger partial charge in [0.1, 0.15) is 17.9 Å². The quantitative estimate of drug-likeness (QED) is 0.704. The molecule has 0 bridgehead atoms. The second-order valence-corrected chi connectivity index (χ2v) is 6.80. The number of hydrogen-bond donors (Lipinski definition) is 1. The molecule has 0 fully saturated rings. The van der Waals surface area contributed by atoms with Crippen LogP contribution in [0.2, 0.25) is 0 Å². The SMILES string of the molecule is CC(C=O)CN1N=C(c2cc(F)ccc2F)OC1(CCCO)c1ccccc1. The maximum absolute atomic E-state index is 14.3. The van der Waals surface area contributed by atoms with Gasteiger partial charge < -0.3 is 14.6 Å². The van der Waals surface area contributed by atoms with Crippen LogP contribution in [0.1, 0.15) is 30.9 Å². The molecule has 0 spiro atoms. The molecule has 2 aromatic rings. The van der Waals surface area contributed by atoms with Crippen molar-refractivity contribution in [1.82, 2.24) is 5.01 Å². The number of carbonyl (C=O) groups is 1. The number of halogens is 2. The van der Waals surface area contributed by atoms with Crippen LogP contribution in [0.5, 0.6) is 0 Å². The van der Waals surface area contributed by atoms with Gasteiger partial charge in [-0.3, -0.25) is 0 Å². The summed E-state index contributed by atoms with van der Waals surface area (Å²) in [5.74, 6) is -1.68. The van der Waals surface area contributed by atoms with E-state index in [-0.39, 0.29) is 30.5 Å². The van der Waals surface area contributed by atoms with E-state index >= 15 is 0 Å². The molecule has 5 nitrogen and oxygen atoms in total. The van der Waals surface area contributed by atoms with Crippen molar-refractivity contribution in [2.45, 2.75) is 25.5 Å². The highest BCUT2D eigenvalue weighted by Crippen LogP contribution is 2.41. The lowest BCUT2D eigenvalue weighted by Gasteiger charge is -2.37. The van der Waals surface area contributed by atoms with Crippen LogP contribution in [-0.2, 0) is 15.3 Å². The second kappa shape index (κ2) is 8.48. The number of hydrogen-bond acceptors (Lipinski definition) is 5. The Bertz CT molecular complexity index is 860. The molecule has 28 heavy (non-hydrogen) atoms. The van der Waals surface area contributed by atoms with Gasteiger partial charge in [-0.05, 0) is 24.6 Å². The molecule has 0 aromatic heterocycles. The first-order valence-corrected chi connectivity index (χ1v) is 9.12. The first-order chi connectivity index (χ1) is 13.5. The van der Waals surface area contributed by atoms with Crippen LogP contribution in [0, 0.1) is 17.6 Å². The molecule has 2 atom stereocenters. The van der Waals surface area contributed by atoms with E-state index in [1.807, 2.05) is 30.3 Å². The summed E-state index contributed by atoms with van der Waals surface area (Å²) in [5.41, 5.74) is -0.474. The molecule has 0 saturated carbocycles. The highest BCUT2D eigenvalue weighted by molar-refractivity contribution is 5.95. The molecule has 1 heterocycles. The zero-order valence-electron chi connectivity index (χ0n) is 15.5. The van der Waals surface area contributed by atoms with Crippen molar-refractivity contribution < 1.29 is 23.4 Å². The number of carbonyl (C=O) groups excluding carboxylic acids is 1. The molecule has 148 valence electrons. The van der Waals surface area contributed by atoms with E-state index in [0.717, 1.165) is 30.0 Å². The molecule has 2 unspecified atom stereocenters. The van der Waals surface area contributed by atoms with Gasteiger partial charge in [0.2, 0.25) is 11.6 Å². The van der Waals surface area contributed by atoms with Crippen molar-refractivity contribution in [2.24, 2.45) is 11.0 Å². The number of hydrazone groups is 1. The summed E-state index contributed by atoms with van der Waals surface area (Å²) >= 11 is 0. The lowest BCUT2D eigenvalue weighted by Crippen LogP contribution is -2.44. The summed E-state index contributed by atoms with van der Waals surface area (Å²) in [6.45, 7) is 1.90. The van der Waals surface area contributed by atoms with Crippen LogP contribution in [-0.4, -0.2) is 35.5 Å². The van der Waals surface area contributed by atoms with Gasteiger partial charge in [-0.2, -0.15) is 0 Å². The Morgan fingerprint density at radius 2 is 2.00 bits per heavy atom. The van der Waals surface area contributed by atoms with Gasteiger partial charge in [0.15, 0.2) is 0 Å². The largest absolute Gasteiger partial charge is 0.443 e. The molecular weight excluding hydrogens is 366 g/mol. The first kappa shape index (κ1) is 19.9. The summed E-state index contributed by atoms with van der Waals surface area (Å²) in [5, 5.41) is 15.4. The summed E-state index contributed by atoms with van der Waals surface area (Å²) in [4.78, 5) is 11.2.